The van der Waals surface area contributed by atoms with Crippen molar-refractivity contribution in [2.45, 2.75) is 4.90 Å². The summed E-state index contributed by atoms with van der Waals surface area (Å²) in [6, 6.07) is 7.19. The topological polar surface area (TPSA) is 98.6 Å². The van der Waals surface area contributed by atoms with Gasteiger partial charge in [-0.1, -0.05) is 6.07 Å². The number of hydrogen-bond acceptors (Lipinski definition) is 6. The Morgan fingerprint density at radius 3 is 2.61 bits per heavy atom. The van der Waals surface area contributed by atoms with Crippen molar-refractivity contribution in [2.24, 2.45) is 0 Å². The fourth-order valence-electron chi connectivity index (χ4n) is 1.79. The fraction of sp³-hybridized carbons (Fsp3) is 0.214. The van der Waals surface area contributed by atoms with Crippen molar-refractivity contribution < 1.29 is 18.0 Å². The summed E-state index contributed by atoms with van der Waals surface area (Å²) in [6.45, 7) is 0. The predicted octanol–water partition coefficient (Wildman–Crippen LogP) is 0.269. The summed E-state index contributed by atoms with van der Waals surface area (Å²) in [7, 11) is -0.744. The molecule has 1 aromatic heterocycles. The lowest BCUT2D eigenvalue weighted by Crippen LogP contribution is -2.32. The van der Waals surface area contributed by atoms with Gasteiger partial charge in [-0.15, -0.1) is 0 Å². The molecule has 122 valence electrons. The third-order valence-electron chi connectivity index (χ3n) is 3.08. The Balaban J connectivity index is 2.54. The predicted molar refractivity (Wildman–Crippen MR) is 82.0 cm³/mol. The van der Waals surface area contributed by atoms with Crippen molar-refractivity contribution in [1.82, 2.24) is 14.8 Å². The molecule has 0 radical (unpaired) electrons. The van der Waals surface area contributed by atoms with Crippen LogP contribution in [0.2, 0.25) is 0 Å². The number of carbonyl (C=O) groups excluding carboxylic acids is 1. The molecule has 9 heteroatoms. The second-order valence-corrected chi connectivity index (χ2v) is 6.74. The van der Waals surface area contributed by atoms with E-state index >= 15 is 0 Å². The van der Waals surface area contributed by atoms with Gasteiger partial charge >= 0.3 is 5.91 Å². The zero-order chi connectivity index (χ0) is 17.2. The van der Waals surface area contributed by atoms with Crippen LogP contribution in [0, 0.1) is 0 Å². The molecule has 0 spiro atoms. The van der Waals surface area contributed by atoms with Crippen molar-refractivity contribution in [3.8, 4) is 5.69 Å². The molecule has 0 aliphatic heterocycles. The maximum atomic E-state index is 12.0. The first-order chi connectivity index (χ1) is 10.7. The highest BCUT2D eigenvalue weighted by molar-refractivity contribution is 7.90. The van der Waals surface area contributed by atoms with Crippen LogP contribution in [0.4, 0.5) is 0 Å². The Hall–Kier alpha value is -2.52. The Bertz CT molecular complexity index is 905. The molecular weight excluding hydrogens is 322 g/mol. The van der Waals surface area contributed by atoms with Crippen LogP contribution in [-0.4, -0.2) is 49.6 Å². The van der Waals surface area contributed by atoms with E-state index in [-0.39, 0.29) is 10.6 Å². The molecule has 0 fully saturated rings. The molecular formula is C14H15N3O5S. The van der Waals surface area contributed by atoms with E-state index in [1.807, 2.05) is 0 Å². The second kappa shape index (κ2) is 6.31. The van der Waals surface area contributed by atoms with Crippen LogP contribution in [0.15, 0.2) is 46.2 Å². The summed E-state index contributed by atoms with van der Waals surface area (Å²) in [6.07, 6.45) is 2.45. The smallest absolute Gasteiger partial charge is 0.287 e. The van der Waals surface area contributed by atoms with Gasteiger partial charge in [-0.3, -0.25) is 14.4 Å². The lowest BCUT2D eigenvalue weighted by atomic mass is 10.3. The van der Waals surface area contributed by atoms with Crippen LogP contribution < -0.4 is 5.43 Å². The van der Waals surface area contributed by atoms with Gasteiger partial charge in [0.15, 0.2) is 15.5 Å². The van der Waals surface area contributed by atoms with Gasteiger partial charge in [-0.05, 0) is 18.2 Å². The number of nitrogens with zero attached hydrogens (tertiary/aromatic N) is 3. The maximum absolute atomic E-state index is 12.0. The van der Waals surface area contributed by atoms with Gasteiger partial charge in [0.2, 0.25) is 5.43 Å². The summed E-state index contributed by atoms with van der Waals surface area (Å²) in [4.78, 5) is 28.7. The zero-order valence-corrected chi connectivity index (χ0v) is 13.6. The van der Waals surface area contributed by atoms with Gasteiger partial charge in [0.25, 0.3) is 0 Å². The van der Waals surface area contributed by atoms with Gasteiger partial charge in [0.05, 0.1) is 17.7 Å². The van der Waals surface area contributed by atoms with Crippen LogP contribution in [0.1, 0.15) is 10.5 Å². The highest BCUT2D eigenvalue weighted by atomic mass is 32.2. The van der Waals surface area contributed by atoms with Gasteiger partial charge < -0.3 is 0 Å². The SMILES string of the molecule is CON(C)C(=O)c1nn(-c2cccc(S(C)(=O)=O)c2)ccc1=O. The van der Waals surface area contributed by atoms with Crippen LogP contribution in [0.3, 0.4) is 0 Å². The van der Waals surface area contributed by atoms with Gasteiger partial charge in [0, 0.05) is 25.6 Å². The molecule has 1 amide bonds. The second-order valence-electron chi connectivity index (χ2n) is 4.73. The average Bonchev–Trinajstić information content (AvgIpc) is 2.53. The molecule has 2 rings (SSSR count). The fourth-order valence-corrected chi connectivity index (χ4v) is 2.45. The number of aromatic nitrogens is 2. The summed E-state index contributed by atoms with van der Waals surface area (Å²) in [5.74, 6) is -0.703. The number of amides is 1. The molecule has 1 heterocycles. The number of hydroxylamine groups is 2. The highest BCUT2D eigenvalue weighted by Gasteiger charge is 2.18. The average molecular weight is 337 g/mol. The maximum Gasteiger partial charge on any atom is 0.301 e. The summed E-state index contributed by atoms with van der Waals surface area (Å²) >= 11 is 0. The van der Waals surface area contributed by atoms with Gasteiger partial charge in [0.1, 0.15) is 0 Å². The van der Waals surface area contributed by atoms with Crippen molar-refractivity contribution in [3.05, 3.63) is 52.4 Å². The van der Waals surface area contributed by atoms with Gasteiger partial charge in [-0.2, -0.15) is 5.10 Å². The molecule has 0 saturated heterocycles. The summed E-state index contributed by atoms with van der Waals surface area (Å²) < 4.78 is 24.5. The normalized spacial score (nSPS) is 11.3. The molecule has 1 aromatic carbocycles. The number of hydrogen-bond donors (Lipinski definition) is 0. The van der Waals surface area contributed by atoms with Crippen LogP contribution in [-0.2, 0) is 14.7 Å². The quantitative estimate of drug-likeness (QED) is 0.743. The Kier molecular flexibility index (Phi) is 4.62. The highest BCUT2D eigenvalue weighted by Crippen LogP contribution is 2.14. The standard InChI is InChI=1S/C14H15N3O5S/c1-16(22-2)14(19)13-12(18)7-8-17(15-13)10-5-4-6-11(9-10)23(3,20)21/h4-9H,1-3H3. The number of carbonyl (C=O) groups is 1. The van der Waals surface area contributed by atoms with Crippen LogP contribution >= 0.6 is 0 Å². The van der Waals surface area contributed by atoms with E-state index in [4.69, 9.17) is 4.84 Å². The van der Waals surface area contributed by atoms with E-state index in [0.717, 1.165) is 11.3 Å². The molecule has 23 heavy (non-hydrogen) atoms. The van der Waals surface area contributed by atoms with Crippen molar-refractivity contribution in [2.75, 3.05) is 20.4 Å². The third-order valence-corrected chi connectivity index (χ3v) is 4.19. The Morgan fingerprint density at radius 1 is 1.30 bits per heavy atom. The van der Waals surface area contributed by atoms with E-state index in [9.17, 15) is 18.0 Å². The molecule has 0 N–H and O–H groups in total. The first kappa shape index (κ1) is 16.8. The van der Waals surface area contributed by atoms with Crippen molar-refractivity contribution in [3.63, 3.8) is 0 Å². The van der Waals surface area contributed by atoms with E-state index in [1.54, 1.807) is 12.1 Å². The molecule has 8 nitrogen and oxygen atoms in total. The van der Waals surface area contributed by atoms with Crippen molar-refractivity contribution >= 4 is 15.7 Å². The van der Waals surface area contributed by atoms with Crippen LogP contribution in [0.5, 0.6) is 0 Å². The van der Waals surface area contributed by atoms with Crippen LogP contribution in [0.25, 0.3) is 5.69 Å². The molecule has 0 aliphatic carbocycles. The van der Waals surface area contributed by atoms with E-state index in [1.165, 1.54) is 43.2 Å². The largest absolute Gasteiger partial charge is 0.301 e. The Morgan fingerprint density at radius 2 is 2.00 bits per heavy atom. The molecule has 0 saturated carbocycles. The first-order valence-corrected chi connectivity index (χ1v) is 8.36. The molecule has 0 aliphatic rings. The monoisotopic (exact) mass is 337 g/mol. The van der Waals surface area contributed by atoms with Gasteiger partial charge in [-0.25, -0.2) is 18.2 Å². The molecule has 2 aromatic rings. The minimum Gasteiger partial charge on any atom is -0.287 e. The van der Waals surface area contributed by atoms with E-state index in [0.29, 0.717) is 5.69 Å². The Labute approximate surface area is 132 Å². The molecule has 0 bridgehead atoms. The van der Waals surface area contributed by atoms with E-state index in [2.05, 4.69) is 5.10 Å². The minimum absolute atomic E-state index is 0.109. The number of rotatable bonds is 4. The van der Waals surface area contributed by atoms with Crippen molar-refractivity contribution in [1.29, 1.82) is 0 Å². The number of sulfone groups is 1. The zero-order valence-electron chi connectivity index (χ0n) is 12.8. The van der Waals surface area contributed by atoms with E-state index < -0.39 is 21.2 Å². The minimum atomic E-state index is -3.38. The lowest BCUT2D eigenvalue weighted by Gasteiger charge is -2.13. The molecule has 0 atom stereocenters. The third kappa shape index (κ3) is 3.63. The first-order valence-electron chi connectivity index (χ1n) is 6.46. The number of benzene rings is 1. The molecule has 0 unspecified atom stereocenters. The lowest BCUT2D eigenvalue weighted by molar-refractivity contribution is -0.0762. The summed E-state index contributed by atoms with van der Waals surface area (Å²) in [5, 5.41) is 4.85. The summed E-state index contributed by atoms with van der Waals surface area (Å²) in [5.41, 5.74) is -0.488.